The Morgan fingerprint density at radius 1 is 0.909 bits per heavy atom. The lowest BCUT2D eigenvalue weighted by atomic mass is 10.1. The fourth-order valence-corrected chi connectivity index (χ4v) is 2.61. The number of nitrogens with zero attached hydrogens (tertiary/aromatic N) is 1. The molecule has 1 aliphatic heterocycles. The molecule has 0 N–H and O–H groups in total. The van der Waals surface area contributed by atoms with Crippen LogP contribution >= 0.6 is 0 Å². The van der Waals surface area contributed by atoms with Gasteiger partial charge in [-0.05, 0) is 55.2 Å². The SMILES string of the molecule is O=C1c2ccccc2C(=O)N1c1ccc(OCC2CC2)cc1. The van der Waals surface area contributed by atoms with Crippen molar-refractivity contribution < 1.29 is 14.3 Å². The molecule has 1 fully saturated rings. The lowest BCUT2D eigenvalue weighted by Gasteiger charge is -2.14. The molecule has 2 aromatic rings. The molecule has 2 amide bonds. The van der Waals surface area contributed by atoms with Gasteiger partial charge < -0.3 is 4.74 Å². The molecule has 2 aromatic carbocycles. The second-order valence-corrected chi connectivity index (χ2v) is 5.74. The zero-order valence-corrected chi connectivity index (χ0v) is 12.0. The van der Waals surface area contributed by atoms with E-state index in [1.807, 2.05) is 0 Å². The van der Waals surface area contributed by atoms with E-state index >= 15 is 0 Å². The zero-order chi connectivity index (χ0) is 15.1. The number of amides is 2. The fraction of sp³-hybridized carbons (Fsp3) is 0.222. The molecule has 2 aliphatic rings. The van der Waals surface area contributed by atoms with Crippen molar-refractivity contribution in [3.05, 3.63) is 59.7 Å². The molecule has 0 radical (unpaired) electrons. The largest absolute Gasteiger partial charge is 0.493 e. The molecule has 22 heavy (non-hydrogen) atoms. The number of rotatable bonds is 4. The fourth-order valence-electron chi connectivity index (χ4n) is 2.61. The molecule has 0 atom stereocenters. The second-order valence-electron chi connectivity index (χ2n) is 5.74. The summed E-state index contributed by atoms with van der Waals surface area (Å²) in [4.78, 5) is 26.0. The number of anilines is 1. The van der Waals surface area contributed by atoms with E-state index in [0.717, 1.165) is 12.4 Å². The Bertz CT molecular complexity index is 712. The van der Waals surface area contributed by atoms with Crippen LogP contribution in [0.25, 0.3) is 0 Å². The first kappa shape index (κ1) is 13.1. The predicted molar refractivity (Wildman–Crippen MR) is 82.2 cm³/mol. The number of imide groups is 1. The minimum Gasteiger partial charge on any atom is -0.493 e. The molecule has 110 valence electrons. The Balaban J connectivity index is 1.57. The standard InChI is InChI=1S/C18H15NO3/c20-17-15-3-1-2-4-16(15)18(21)19(17)13-7-9-14(10-8-13)22-11-12-5-6-12/h1-4,7-10,12H,5-6,11H2. The molecule has 0 bridgehead atoms. The first-order valence-electron chi connectivity index (χ1n) is 7.45. The van der Waals surface area contributed by atoms with Crippen LogP contribution in [0.3, 0.4) is 0 Å². The Labute approximate surface area is 128 Å². The molecular formula is C18H15NO3. The highest BCUT2D eigenvalue weighted by Gasteiger charge is 2.36. The van der Waals surface area contributed by atoms with Crippen molar-refractivity contribution in [2.45, 2.75) is 12.8 Å². The van der Waals surface area contributed by atoms with Gasteiger partial charge in [0.05, 0.1) is 23.4 Å². The van der Waals surface area contributed by atoms with Crippen LogP contribution in [0.5, 0.6) is 5.75 Å². The topological polar surface area (TPSA) is 46.6 Å². The third-order valence-electron chi connectivity index (χ3n) is 4.07. The number of fused-ring (bicyclic) bond motifs is 1. The molecule has 1 aliphatic carbocycles. The van der Waals surface area contributed by atoms with Crippen LogP contribution in [0, 0.1) is 5.92 Å². The lowest BCUT2D eigenvalue weighted by Crippen LogP contribution is -2.29. The Morgan fingerprint density at radius 3 is 2.05 bits per heavy atom. The maximum absolute atomic E-state index is 12.4. The summed E-state index contributed by atoms with van der Waals surface area (Å²) in [6.45, 7) is 0.742. The number of hydrogen-bond acceptors (Lipinski definition) is 3. The van der Waals surface area contributed by atoms with Gasteiger partial charge in [-0.1, -0.05) is 12.1 Å². The second kappa shape index (κ2) is 4.98. The van der Waals surface area contributed by atoms with E-state index in [9.17, 15) is 9.59 Å². The number of benzene rings is 2. The van der Waals surface area contributed by atoms with E-state index in [2.05, 4.69) is 0 Å². The Hall–Kier alpha value is -2.62. The summed E-state index contributed by atoms with van der Waals surface area (Å²) in [5.74, 6) is 0.919. The van der Waals surface area contributed by atoms with Crippen LogP contribution in [-0.2, 0) is 0 Å². The molecule has 1 saturated carbocycles. The monoisotopic (exact) mass is 293 g/mol. The van der Waals surface area contributed by atoms with Gasteiger partial charge >= 0.3 is 0 Å². The molecule has 4 heteroatoms. The Kier molecular flexibility index (Phi) is 2.96. The van der Waals surface area contributed by atoms with Crippen LogP contribution in [0.15, 0.2) is 48.5 Å². The van der Waals surface area contributed by atoms with Crippen molar-refractivity contribution in [2.24, 2.45) is 5.92 Å². The molecule has 0 saturated heterocycles. The summed E-state index contributed by atoms with van der Waals surface area (Å²) in [5.41, 5.74) is 1.49. The highest BCUT2D eigenvalue weighted by atomic mass is 16.5. The Morgan fingerprint density at radius 2 is 1.50 bits per heavy atom. The smallest absolute Gasteiger partial charge is 0.266 e. The van der Waals surface area contributed by atoms with Gasteiger partial charge in [0.25, 0.3) is 11.8 Å². The van der Waals surface area contributed by atoms with Gasteiger partial charge in [0.15, 0.2) is 0 Å². The summed E-state index contributed by atoms with van der Waals surface area (Å²) in [5, 5.41) is 0. The first-order chi connectivity index (χ1) is 10.7. The van der Waals surface area contributed by atoms with E-state index in [4.69, 9.17) is 4.74 Å². The summed E-state index contributed by atoms with van der Waals surface area (Å²) < 4.78 is 5.67. The molecule has 0 unspecified atom stereocenters. The third-order valence-corrected chi connectivity index (χ3v) is 4.07. The van der Waals surface area contributed by atoms with Crippen molar-refractivity contribution in [1.29, 1.82) is 0 Å². The van der Waals surface area contributed by atoms with Crippen molar-refractivity contribution in [2.75, 3.05) is 11.5 Å². The first-order valence-corrected chi connectivity index (χ1v) is 7.45. The lowest BCUT2D eigenvalue weighted by molar-refractivity contribution is 0.0926. The predicted octanol–water partition coefficient (Wildman–Crippen LogP) is 3.28. The van der Waals surface area contributed by atoms with Crippen LogP contribution in [0.2, 0.25) is 0 Å². The van der Waals surface area contributed by atoms with Gasteiger partial charge in [-0.15, -0.1) is 0 Å². The highest BCUT2D eigenvalue weighted by molar-refractivity contribution is 6.34. The van der Waals surface area contributed by atoms with Crippen molar-refractivity contribution in [3.8, 4) is 5.75 Å². The number of carbonyl (C=O) groups is 2. The van der Waals surface area contributed by atoms with E-state index in [1.165, 1.54) is 17.7 Å². The molecule has 4 nitrogen and oxygen atoms in total. The van der Waals surface area contributed by atoms with Gasteiger partial charge in [0.2, 0.25) is 0 Å². The molecule has 1 heterocycles. The van der Waals surface area contributed by atoms with Crippen molar-refractivity contribution >= 4 is 17.5 Å². The van der Waals surface area contributed by atoms with Gasteiger partial charge in [0.1, 0.15) is 5.75 Å². The van der Waals surface area contributed by atoms with Crippen LogP contribution in [0.1, 0.15) is 33.6 Å². The highest BCUT2D eigenvalue weighted by Crippen LogP contribution is 2.31. The van der Waals surface area contributed by atoms with Gasteiger partial charge in [-0.2, -0.15) is 0 Å². The van der Waals surface area contributed by atoms with E-state index in [0.29, 0.717) is 22.7 Å². The molecular weight excluding hydrogens is 278 g/mol. The molecule has 0 aromatic heterocycles. The van der Waals surface area contributed by atoms with Crippen LogP contribution < -0.4 is 9.64 Å². The van der Waals surface area contributed by atoms with E-state index in [-0.39, 0.29) is 11.8 Å². The van der Waals surface area contributed by atoms with Crippen LogP contribution in [-0.4, -0.2) is 18.4 Å². The molecule has 4 rings (SSSR count). The minimum absolute atomic E-state index is 0.271. The minimum atomic E-state index is -0.271. The van der Waals surface area contributed by atoms with Gasteiger partial charge in [0, 0.05) is 0 Å². The number of ether oxygens (including phenoxy) is 1. The number of hydrogen-bond donors (Lipinski definition) is 0. The van der Waals surface area contributed by atoms with Crippen molar-refractivity contribution in [1.82, 2.24) is 0 Å². The zero-order valence-electron chi connectivity index (χ0n) is 12.0. The summed E-state index contributed by atoms with van der Waals surface area (Å²) in [6, 6.07) is 14.0. The van der Waals surface area contributed by atoms with Gasteiger partial charge in [-0.25, -0.2) is 4.90 Å². The van der Waals surface area contributed by atoms with E-state index < -0.39 is 0 Å². The third kappa shape index (κ3) is 2.17. The maximum atomic E-state index is 12.4. The van der Waals surface area contributed by atoms with Crippen LogP contribution in [0.4, 0.5) is 5.69 Å². The number of carbonyl (C=O) groups excluding carboxylic acids is 2. The normalized spacial score (nSPS) is 16.8. The summed E-state index contributed by atoms with van der Waals surface area (Å²) in [7, 11) is 0. The average molecular weight is 293 g/mol. The summed E-state index contributed by atoms with van der Waals surface area (Å²) in [6.07, 6.45) is 2.49. The summed E-state index contributed by atoms with van der Waals surface area (Å²) >= 11 is 0. The van der Waals surface area contributed by atoms with E-state index in [1.54, 1.807) is 48.5 Å². The van der Waals surface area contributed by atoms with Gasteiger partial charge in [-0.3, -0.25) is 9.59 Å². The van der Waals surface area contributed by atoms with Crippen molar-refractivity contribution in [3.63, 3.8) is 0 Å². The maximum Gasteiger partial charge on any atom is 0.266 e. The quantitative estimate of drug-likeness (QED) is 0.813. The molecule has 0 spiro atoms. The average Bonchev–Trinajstić information content (AvgIpc) is 3.34.